The smallest absolute Gasteiger partial charge is 0.240 e. The van der Waals surface area contributed by atoms with E-state index in [1.807, 2.05) is 0 Å². The molecule has 2 rings (SSSR count). The van der Waals surface area contributed by atoms with Gasteiger partial charge in [0, 0.05) is 6.54 Å². The van der Waals surface area contributed by atoms with E-state index in [0.717, 1.165) is 25.7 Å². The van der Waals surface area contributed by atoms with Gasteiger partial charge in [-0.25, -0.2) is 0 Å². The van der Waals surface area contributed by atoms with Crippen molar-refractivity contribution in [3.8, 4) is 0 Å². The van der Waals surface area contributed by atoms with E-state index < -0.39 is 17.4 Å². The van der Waals surface area contributed by atoms with E-state index in [1.54, 1.807) is 0 Å². The molecule has 1 heterocycles. The maximum atomic E-state index is 12.9. The van der Waals surface area contributed by atoms with Gasteiger partial charge in [0.2, 0.25) is 11.8 Å². The molecule has 0 radical (unpaired) electrons. The number of amides is 2. The molecule has 0 aromatic carbocycles. The molecule has 0 spiro atoms. The number of hydrogen-bond acceptors (Lipinski definition) is 4. The zero-order valence-electron chi connectivity index (χ0n) is 11.5. The van der Waals surface area contributed by atoms with Crippen molar-refractivity contribution in [2.45, 2.75) is 51.0 Å². The van der Waals surface area contributed by atoms with Crippen LogP contribution in [0.5, 0.6) is 0 Å². The summed E-state index contributed by atoms with van der Waals surface area (Å²) >= 11 is 0. The lowest BCUT2D eigenvalue weighted by atomic mass is 9.82. The van der Waals surface area contributed by atoms with Gasteiger partial charge in [-0.05, 0) is 32.1 Å². The fraction of sp³-hybridized carbons (Fsp3) is 0.769. The van der Waals surface area contributed by atoms with Crippen LogP contribution < -0.4 is 11.5 Å². The number of rotatable bonds is 3. The van der Waals surface area contributed by atoms with E-state index in [9.17, 15) is 9.59 Å². The van der Waals surface area contributed by atoms with Crippen LogP contribution in [0.1, 0.15) is 44.9 Å². The predicted molar refractivity (Wildman–Crippen MR) is 72.9 cm³/mol. The Labute approximate surface area is 118 Å². The summed E-state index contributed by atoms with van der Waals surface area (Å²) in [5.41, 5.74) is 10.2. The topological polar surface area (TPSA) is 122 Å². The fourth-order valence-electron chi connectivity index (χ4n) is 3.40. The van der Waals surface area contributed by atoms with Gasteiger partial charge in [-0.1, -0.05) is 18.0 Å². The summed E-state index contributed by atoms with van der Waals surface area (Å²) in [4.78, 5) is 26.0. The third-order valence-corrected chi connectivity index (χ3v) is 4.56. The number of primary amides is 1. The van der Waals surface area contributed by atoms with Crippen molar-refractivity contribution in [3.05, 3.63) is 0 Å². The molecule has 20 heavy (non-hydrogen) atoms. The zero-order valence-corrected chi connectivity index (χ0v) is 11.5. The van der Waals surface area contributed by atoms with Crippen molar-refractivity contribution in [3.63, 3.8) is 0 Å². The molecule has 0 aromatic heterocycles. The highest BCUT2D eigenvalue weighted by atomic mass is 16.4. The summed E-state index contributed by atoms with van der Waals surface area (Å²) < 4.78 is 0. The van der Waals surface area contributed by atoms with E-state index >= 15 is 0 Å². The van der Waals surface area contributed by atoms with Crippen LogP contribution in [0.4, 0.5) is 0 Å². The van der Waals surface area contributed by atoms with Crippen molar-refractivity contribution in [1.82, 2.24) is 4.90 Å². The summed E-state index contributed by atoms with van der Waals surface area (Å²) in [6, 6.07) is -0.569. The second-order valence-corrected chi connectivity index (χ2v) is 5.69. The first-order valence-corrected chi connectivity index (χ1v) is 7.11. The maximum Gasteiger partial charge on any atom is 0.240 e. The van der Waals surface area contributed by atoms with Gasteiger partial charge in [-0.2, -0.15) is 0 Å². The third kappa shape index (κ3) is 2.32. The largest absolute Gasteiger partial charge is 0.409 e. The highest BCUT2D eigenvalue weighted by Gasteiger charge is 2.49. The van der Waals surface area contributed by atoms with Gasteiger partial charge in [0.1, 0.15) is 11.5 Å². The molecule has 1 saturated heterocycles. The minimum Gasteiger partial charge on any atom is -0.409 e. The van der Waals surface area contributed by atoms with Crippen molar-refractivity contribution in [1.29, 1.82) is 0 Å². The SMILES string of the molecule is NC(=O)C1CCCCN1C(=O)C1(C(N)=NO)CCCC1. The first-order chi connectivity index (χ1) is 9.53. The Balaban J connectivity index is 2.29. The number of hydrogen-bond donors (Lipinski definition) is 3. The summed E-state index contributed by atoms with van der Waals surface area (Å²) in [7, 11) is 0. The third-order valence-electron chi connectivity index (χ3n) is 4.56. The van der Waals surface area contributed by atoms with Crippen LogP contribution in [0.2, 0.25) is 0 Å². The number of likely N-dealkylation sites (tertiary alicyclic amines) is 1. The monoisotopic (exact) mass is 282 g/mol. The molecular weight excluding hydrogens is 260 g/mol. The normalized spacial score (nSPS) is 26.5. The molecule has 1 atom stereocenters. The van der Waals surface area contributed by atoms with E-state index in [4.69, 9.17) is 16.7 Å². The lowest BCUT2D eigenvalue weighted by Crippen LogP contribution is -2.57. The van der Waals surface area contributed by atoms with Crippen molar-refractivity contribution in [2.24, 2.45) is 22.0 Å². The summed E-state index contributed by atoms with van der Waals surface area (Å²) in [5.74, 6) is -0.742. The Morgan fingerprint density at radius 2 is 1.80 bits per heavy atom. The maximum absolute atomic E-state index is 12.9. The second-order valence-electron chi connectivity index (χ2n) is 5.69. The number of nitrogens with two attached hydrogens (primary N) is 2. The average Bonchev–Trinajstić information content (AvgIpc) is 2.96. The average molecular weight is 282 g/mol. The Kier molecular flexibility index (Phi) is 4.15. The minimum atomic E-state index is -0.959. The molecular formula is C13H22N4O3. The number of amidine groups is 1. The number of carbonyl (C=O) groups excluding carboxylic acids is 2. The zero-order chi connectivity index (χ0) is 14.8. The number of nitrogens with zero attached hydrogens (tertiary/aromatic N) is 2. The summed E-state index contributed by atoms with van der Waals surface area (Å²) in [6.45, 7) is 0.507. The fourth-order valence-corrected chi connectivity index (χ4v) is 3.40. The van der Waals surface area contributed by atoms with E-state index in [1.165, 1.54) is 4.90 Å². The molecule has 2 amide bonds. The standard InChI is InChI=1S/C13H22N4O3/c14-10(18)9-5-1-4-8-17(9)12(19)13(11(15)16-20)6-2-3-7-13/h9,20H,1-8H2,(H2,14,18)(H2,15,16). The molecule has 5 N–H and O–H groups in total. The van der Waals surface area contributed by atoms with Gasteiger partial charge in [0.25, 0.3) is 0 Å². The molecule has 0 aromatic rings. The van der Waals surface area contributed by atoms with Gasteiger partial charge < -0.3 is 21.6 Å². The van der Waals surface area contributed by atoms with E-state index in [0.29, 0.717) is 25.8 Å². The lowest BCUT2D eigenvalue weighted by molar-refractivity contribution is -0.146. The molecule has 2 aliphatic rings. The van der Waals surface area contributed by atoms with Gasteiger partial charge in [0.05, 0.1) is 0 Å². The molecule has 2 fully saturated rings. The molecule has 1 aliphatic carbocycles. The molecule has 7 nitrogen and oxygen atoms in total. The minimum absolute atomic E-state index is 0.0474. The van der Waals surface area contributed by atoms with E-state index in [2.05, 4.69) is 5.16 Å². The molecule has 0 bridgehead atoms. The summed E-state index contributed by atoms with van der Waals surface area (Å²) in [6.07, 6.45) is 5.16. The second kappa shape index (κ2) is 5.68. The predicted octanol–water partition coefficient (Wildman–Crippen LogP) is 0.160. The molecule has 1 aliphatic heterocycles. The van der Waals surface area contributed by atoms with E-state index in [-0.39, 0.29) is 11.7 Å². The first-order valence-electron chi connectivity index (χ1n) is 7.11. The number of piperidine rings is 1. The van der Waals surface area contributed by atoms with Crippen LogP contribution >= 0.6 is 0 Å². The van der Waals surface area contributed by atoms with Gasteiger partial charge in [-0.3, -0.25) is 9.59 Å². The molecule has 1 saturated carbocycles. The Hall–Kier alpha value is -1.79. The van der Waals surface area contributed by atoms with Crippen molar-refractivity contribution >= 4 is 17.6 Å². The highest BCUT2D eigenvalue weighted by molar-refractivity contribution is 6.08. The van der Waals surface area contributed by atoms with Gasteiger partial charge >= 0.3 is 0 Å². The van der Waals surface area contributed by atoms with Gasteiger partial charge in [0.15, 0.2) is 5.84 Å². The molecule has 7 heteroatoms. The van der Waals surface area contributed by atoms with Crippen LogP contribution in [-0.2, 0) is 9.59 Å². The van der Waals surface area contributed by atoms with Gasteiger partial charge in [-0.15, -0.1) is 0 Å². The van der Waals surface area contributed by atoms with Crippen molar-refractivity contribution in [2.75, 3.05) is 6.54 Å². The van der Waals surface area contributed by atoms with Crippen LogP contribution in [-0.4, -0.2) is 40.3 Å². The van der Waals surface area contributed by atoms with Crippen LogP contribution in [0.3, 0.4) is 0 Å². The van der Waals surface area contributed by atoms with Crippen molar-refractivity contribution < 1.29 is 14.8 Å². The first kappa shape index (κ1) is 14.6. The summed E-state index contributed by atoms with van der Waals surface area (Å²) in [5, 5.41) is 12.0. The Bertz CT molecular complexity index is 429. The van der Waals surface area contributed by atoms with Crippen LogP contribution in [0, 0.1) is 5.41 Å². The highest BCUT2D eigenvalue weighted by Crippen LogP contribution is 2.41. The Morgan fingerprint density at radius 3 is 2.35 bits per heavy atom. The molecule has 112 valence electrons. The molecule has 1 unspecified atom stereocenters. The lowest BCUT2D eigenvalue weighted by Gasteiger charge is -2.39. The number of carbonyl (C=O) groups is 2. The van der Waals surface area contributed by atoms with Crippen LogP contribution in [0.25, 0.3) is 0 Å². The number of oxime groups is 1. The quantitative estimate of drug-likeness (QED) is 0.295. The van der Waals surface area contributed by atoms with Crippen LogP contribution in [0.15, 0.2) is 5.16 Å². The Morgan fingerprint density at radius 1 is 1.15 bits per heavy atom.